The molecule has 2 aliphatic heterocycles. The molecule has 0 N–H and O–H groups in total. The smallest absolute Gasteiger partial charge is 0.0838 e. The maximum Gasteiger partial charge on any atom is 0.0838 e. The lowest BCUT2D eigenvalue weighted by Gasteiger charge is -2.26. The van der Waals surface area contributed by atoms with E-state index < -0.39 is 0 Å². The fourth-order valence-electron chi connectivity index (χ4n) is 2.83. The van der Waals surface area contributed by atoms with Gasteiger partial charge in [-0.25, -0.2) is 4.99 Å². The van der Waals surface area contributed by atoms with Crippen LogP contribution in [0.25, 0.3) is 5.57 Å². The summed E-state index contributed by atoms with van der Waals surface area (Å²) in [7, 11) is 0. The van der Waals surface area contributed by atoms with E-state index in [2.05, 4.69) is 35.4 Å². The molecule has 0 saturated carbocycles. The minimum Gasteiger partial charge on any atom is -0.345 e. The van der Waals surface area contributed by atoms with Crippen LogP contribution in [-0.2, 0) is 0 Å². The first-order chi connectivity index (χ1) is 9.81. The summed E-state index contributed by atoms with van der Waals surface area (Å²) in [6.07, 6.45) is 3.14. The molecule has 0 bridgehead atoms. The topological polar surface area (TPSA) is 15.6 Å². The van der Waals surface area contributed by atoms with Crippen molar-refractivity contribution in [2.45, 2.75) is 6.42 Å². The van der Waals surface area contributed by atoms with Gasteiger partial charge in [0.1, 0.15) is 0 Å². The molecule has 4 rings (SSSR count). The Balaban J connectivity index is 1.81. The molecular weight excluding hydrogens is 268 g/mol. The highest BCUT2D eigenvalue weighted by Gasteiger charge is 2.20. The maximum atomic E-state index is 6.07. The summed E-state index contributed by atoms with van der Waals surface area (Å²) in [6, 6.07) is 16.3. The molecule has 2 aliphatic rings. The molecule has 3 heteroatoms. The van der Waals surface area contributed by atoms with Gasteiger partial charge in [0, 0.05) is 28.7 Å². The van der Waals surface area contributed by atoms with Gasteiger partial charge in [0.05, 0.1) is 11.1 Å². The lowest BCUT2D eigenvalue weighted by molar-refractivity contribution is 0.906. The van der Waals surface area contributed by atoms with Crippen molar-refractivity contribution >= 4 is 22.9 Å². The van der Waals surface area contributed by atoms with Crippen molar-refractivity contribution in [2.24, 2.45) is 4.99 Å². The van der Waals surface area contributed by atoms with E-state index in [1.165, 1.54) is 10.8 Å². The normalized spacial score (nSPS) is 16.4. The van der Waals surface area contributed by atoms with Crippen molar-refractivity contribution in [3.8, 4) is 0 Å². The molecule has 2 heterocycles. The predicted octanol–water partition coefficient (Wildman–Crippen LogP) is 2.88. The molecule has 2 nitrogen and oxygen atoms in total. The van der Waals surface area contributed by atoms with E-state index in [-0.39, 0.29) is 0 Å². The Labute approximate surface area is 122 Å². The first-order valence-corrected chi connectivity index (χ1v) is 7.10. The number of hydrogen-bond acceptors (Lipinski definition) is 2. The molecule has 98 valence electrons. The maximum absolute atomic E-state index is 6.07. The number of fused-ring (bicyclic) bond motifs is 2. The van der Waals surface area contributed by atoms with Crippen LogP contribution in [0.4, 0.5) is 5.69 Å². The molecule has 0 saturated heterocycles. The number of nitrogens with zero attached hydrogens (tertiary/aromatic N) is 2. The Bertz CT molecular complexity index is 836. The molecule has 2 aromatic carbocycles. The molecule has 0 radical (unpaired) electrons. The van der Waals surface area contributed by atoms with Crippen LogP contribution in [0.2, 0.25) is 5.02 Å². The summed E-state index contributed by atoms with van der Waals surface area (Å²) >= 11 is 6.07. The quantitative estimate of drug-likeness (QED) is 0.784. The highest BCUT2D eigenvalue weighted by atomic mass is 35.5. The highest BCUT2D eigenvalue weighted by Crippen LogP contribution is 2.28. The van der Waals surface area contributed by atoms with E-state index in [1.54, 1.807) is 0 Å². The SMILES string of the molecule is Clc1cccc(N2C=C3N=c4ccccc4=C3CC2)c1. The highest BCUT2D eigenvalue weighted by molar-refractivity contribution is 6.30. The predicted molar refractivity (Wildman–Crippen MR) is 82.1 cm³/mol. The number of allylic oxidation sites excluding steroid dienone is 1. The molecule has 2 aromatic rings. The number of anilines is 1. The van der Waals surface area contributed by atoms with E-state index >= 15 is 0 Å². The lowest BCUT2D eigenvalue weighted by atomic mass is 10.0. The first kappa shape index (κ1) is 11.7. The van der Waals surface area contributed by atoms with Crippen LogP contribution in [0.1, 0.15) is 6.42 Å². The average molecular weight is 281 g/mol. The molecule has 0 aliphatic carbocycles. The van der Waals surface area contributed by atoms with E-state index in [0.717, 1.165) is 34.7 Å². The molecule has 0 aromatic heterocycles. The summed E-state index contributed by atoms with van der Waals surface area (Å²) in [5.74, 6) is 0. The molecular formula is C17H13ClN2. The van der Waals surface area contributed by atoms with Gasteiger partial charge in [-0.05, 0) is 36.3 Å². The third kappa shape index (κ3) is 1.84. The average Bonchev–Trinajstić information content (AvgIpc) is 2.85. The molecule has 0 unspecified atom stereocenters. The first-order valence-electron chi connectivity index (χ1n) is 6.73. The molecule has 0 fully saturated rings. The van der Waals surface area contributed by atoms with E-state index in [4.69, 9.17) is 16.6 Å². The zero-order valence-electron chi connectivity index (χ0n) is 10.9. The van der Waals surface area contributed by atoms with Gasteiger partial charge in [-0.3, -0.25) is 0 Å². The third-order valence-electron chi connectivity index (χ3n) is 3.80. The van der Waals surface area contributed by atoms with Crippen LogP contribution in [0.15, 0.2) is 65.4 Å². The van der Waals surface area contributed by atoms with Gasteiger partial charge in [-0.15, -0.1) is 0 Å². The monoisotopic (exact) mass is 280 g/mol. The number of hydrogen-bond donors (Lipinski definition) is 0. The van der Waals surface area contributed by atoms with Crippen molar-refractivity contribution in [2.75, 3.05) is 11.4 Å². The summed E-state index contributed by atoms with van der Waals surface area (Å²) in [6.45, 7) is 0.961. The summed E-state index contributed by atoms with van der Waals surface area (Å²) in [5, 5.41) is 3.13. The van der Waals surface area contributed by atoms with E-state index in [9.17, 15) is 0 Å². The molecule has 0 atom stereocenters. The Morgan fingerprint density at radius 2 is 1.95 bits per heavy atom. The molecule has 0 amide bonds. The fraction of sp³-hybridized carbons (Fsp3) is 0.118. The van der Waals surface area contributed by atoms with Crippen molar-refractivity contribution in [1.82, 2.24) is 0 Å². The van der Waals surface area contributed by atoms with Crippen molar-refractivity contribution < 1.29 is 0 Å². The minimum absolute atomic E-state index is 0.766. The van der Waals surface area contributed by atoms with Gasteiger partial charge in [-0.1, -0.05) is 35.9 Å². The number of benzene rings is 2. The van der Waals surface area contributed by atoms with Gasteiger partial charge >= 0.3 is 0 Å². The number of para-hydroxylation sites is 1. The van der Waals surface area contributed by atoms with Gasteiger partial charge in [-0.2, -0.15) is 0 Å². The summed E-state index contributed by atoms with van der Waals surface area (Å²) in [5.41, 5.74) is 3.56. The Kier molecular flexibility index (Phi) is 2.64. The fourth-order valence-corrected chi connectivity index (χ4v) is 3.02. The van der Waals surface area contributed by atoms with Crippen LogP contribution < -0.4 is 15.5 Å². The summed E-state index contributed by atoms with van der Waals surface area (Å²) < 4.78 is 0. The van der Waals surface area contributed by atoms with Crippen LogP contribution in [0, 0.1) is 0 Å². The zero-order valence-corrected chi connectivity index (χ0v) is 11.6. The van der Waals surface area contributed by atoms with Crippen molar-refractivity contribution in [3.05, 3.63) is 76.0 Å². The number of halogens is 1. The third-order valence-corrected chi connectivity index (χ3v) is 4.04. The van der Waals surface area contributed by atoms with Gasteiger partial charge < -0.3 is 4.90 Å². The number of rotatable bonds is 1. The largest absolute Gasteiger partial charge is 0.345 e. The standard InChI is InChI=1S/C17H13ClN2/c18-12-4-3-5-13(10-12)20-9-8-15-14-6-1-2-7-16(14)19-17(15)11-20/h1-7,10-11H,8-9H2. The van der Waals surface area contributed by atoms with Crippen molar-refractivity contribution in [1.29, 1.82) is 0 Å². The zero-order chi connectivity index (χ0) is 13.5. The Morgan fingerprint density at radius 1 is 1.05 bits per heavy atom. The van der Waals surface area contributed by atoms with Crippen LogP contribution in [0.3, 0.4) is 0 Å². The second-order valence-electron chi connectivity index (χ2n) is 5.05. The Morgan fingerprint density at radius 3 is 2.85 bits per heavy atom. The molecule has 20 heavy (non-hydrogen) atoms. The van der Waals surface area contributed by atoms with Gasteiger partial charge in [0.2, 0.25) is 0 Å². The Hall–Kier alpha value is -2.06. The van der Waals surface area contributed by atoms with Crippen LogP contribution >= 0.6 is 11.6 Å². The van der Waals surface area contributed by atoms with Gasteiger partial charge in [0.25, 0.3) is 0 Å². The second kappa shape index (κ2) is 4.50. The van der Waals surface area contributed by atoms with E-state index in [0.29, 0.717) is 0 Å². The molecule has 0 spiro atoms. The van der Waals surface area contributed by atoms with Crippen molar-refractivity contribution in [3.63, 3.8) is 0 Å². The second-order valence-corrected chi connectivity index (χ2v) is 5.48. The van der Waals surface area contributed by atoms with E-state index in [1.807, 2.05) is 24.3 Å². The van der Waals surface area contributed by atoms with Crippen LogP contribution in [0.5, 0.6) is 0 Å². The van der Waals surface area contributed by atoms with Gasteiger partial charge in [0.15, 0.2) is 0 Å². The lowest BCUT2D eigenvalue weighted by Crippen LogP contribution is -2.26. The minimum atomic E-state index is 0.766. The van der Waals surface area contributed by atoms with Crippen LogP contribution in [-0.4, -0.2) is 6.54 Å². The summed E-state index contributed by atoms with van der Waals surface area (Å²) in [4.78, 5) is 6.94.